The van der Waals surface area contributed by atoms with E-state index in [0.717, 1.165) is 33.4 Å². The minimum atomic E-state index is -1.08. The Bertz CT molecular complexity index is 2710. The smallest absolute Gasteiger partial charge is 0.305 e. The largest absolute Gasteiger partial charge is 0.481 e. The molecule has 0 aliphatic heterocycles. The number of nitriles is 2. The van der Waals surface area contributed by atoms with Crippen LogP contribution in [0.5, 0.6) is 23.5 Å². The van der Waals surface area contributed by atoms with Crippen LogP contribution in [0.3, 0.4) is 0 Å². The molecule has 0 saturated carbocycles. The van der Waals surface area contributed by atoms with E-state index in [1.54, 1.807) is 36.7 Å². The molecule has 362 valence electrons. The van der Waals surface area contributed by atoms with Gasteiger partial charge in [-0.1, -0.05) is 59.6 Å². The first-order chi connectivity index (χ1) is 33.7. The predicted octanol–water partition coefficient (Wildman–Crippen LogP) is 8.50. The quantitative estimate of drug-likeness (QED) is 0.0420. The highest BCUT2D eigenvalue weighted by atomic mass is 35.5. The van der Waals surface area contributed by atoms with E-state index < -0.39 is 18.2 Å². The molecule has 6 rings (SSSR count). The number of ether oxygens (including phenoxy) is 4. The average molecular weight is 989 g/mol. The zero-order valence-corrected chi connectivity index (χ0v) is 40.3. The predicted molar refractivity (Wildman–Crippen MR) is 259 cm³/mol. The number of pyridine rings is 4. The van der Waals surface area contributed by atoms with E-state index in [2.05, 4.69) is 37.4 Å². The van der Waals surface area contributed by atoms with Crippen LogP contribution in [0.4, 0.5) is 0 Å². The lowest BCUT2D eigenvalue weighted by molar-refractivity contribution is -0.139. The molecule has 2 aromatic carbocycles. The third-order valence-corrected chi connectivity index (χ3v) is 11.6. The molecule has 0 radical (unpaired) electrons. The van der Waals surface area contributed by atoms with Crippen LogP contribution in [0.25, 0.3) is 11.1 Å². The third kappa shape index (κ3) is 14.9. The fourth-order valence-electron chi connectivity index (χ4n) is 7.47. The summed E-state index contributed by atoms with van der Waals surface area (Å²) in [6, 6.07) is 22.7. The SMILES string of the molecule is CC(=O)C[C@H](O)CNCc1cc(Cl)c(OCc2cccc(-c3cccc(COc4nc(OCc5cncc(C#N)c5)c(CCC[C@@H](O)CC(=O)O)cc4Cl)c3C)c2C)nc1OCc1cncc(C#N)c1. The van der Waals surface area contributed by atoms with Crippen molar-refractivity contribution in [3.63, 3.8) is 0 Å². The standard InChI is InChI=1S/C52H51Cl2N7O9/c1-31(62)13-43(64)26-59-25-41-17-47(54)52(61-50(41)68-28-37-15-35(20-56)22-58-24-37)70-30-40-9-6-12-45(33(40)3)44-11-5-8-39(32(44)2)29-69-51-46(53)16-38(7-4-10-42(63)18-48(65)66)49(60-51)67-27-36-14-34(19-55)21-57-23-36/h5-6,8-9,11-12,14-17,21-24,42-43,59,63-64H,4,7,10,13,18,25-30H2,1-3H3,(H,65,66)/t42-,43+/m1/s1. The summed E-state index contributed by atoms with van der Waals surface area (Å²) in [6.45, 7) is 6.12. The van der Waals surface area contributed by atoms with Crippen molar-refractivity contribution in [2.75, 3.05) is 6.54 Å². The van der Waals surface area contributed by atoms with E-state index in [9.17, 15) is 30.3 Å². The van der Waals surface area contributed by atoms with Crippen LogP contribution in [0.2, 0.25) is 10.0 Å². The van der Waals surface area contributed by atoms with Gasteiger partial charge >= 0.3 is 5.97 Å². The van der Waals surface area contributed by atoms with Gasteiger partial charge in [0, 0.05) is 66.6 Å². The lowest BCUT2D eigenvalue weighted by Gasteiger charge is -2.18. The monoisotopic (exact) mass is 987 g/mol. The van der Waals surface area contributed by atoms with Crippen molar-refractivity contribution in [2.45, 2.75) is 98.1 Å². The van der Waals surface area contributed by atoms with E-state index >= 15 is 0 Å². The molecule has 70 heavy (non-hydrogen) atoms. The Morgan fingerprint density at radius 2 is 1.17 bits per heavy atom. The van der Waals surface area contributed by atoms with E-state index in [1.807, 2.05) is 50.2 Å². The molecular formula is C52H51Cl2N7O9. The summed E-state index contributed by atoms with van der Waals surface area (Å²) >= 11 is 13.5. The van der Waals surface area contributed by atoms with Crippen molar-refractivity contribution < 1.29 is 43.9 Å². The van der Waals surface area contributed by atoms with Crippen LogP contribution in [-0.2, 0) is 49.0 Å². The summed E-state index contributed by atoms with van der Waals surface area (Å²) in [5.74, 6) is -0.487. The van der Waals surface area contributed by atoms with Crippen LogP contribution in [-0.4, -0.2) is 65.8 Å². The molecular weight excluding hydrogens is 938 g/mol. The van der Waals surface area contributed by atoms with Gasteiger partial charge in [0.05, 0.1) is 29.8 Å². The van der Waals surface area contributed by atoms with Gasteiger partial charge in [-0.3, -0.25) is 19.6 Å². The highest BCUT2D eigenvalue weighted by Gasteiger charge is 2.20. The summed E-state index contributed by atoms with van der Waals surface area (Å²) in [4.78, 5) is 40.1. The van der Waals surface area contributed by atoms with Crippen LogP contribution in [0, 0.1) is 36.5 Å². The van der Waals surface area contributed by atoms with Crippen molar-refractivity contribution in [1.82, 2.24) is 25.3 Å². The summed E-state index contributed by atoms with van der Waals surface area (Å²) in [5, 5.41) is 51.7. The molecule has 0 spiro atoms. The summed E-state index contributed by atoms with van der Waals surface area (Å²) in [7, 11) is 0. The molecule has 18 heteroatoms. The lowest BCUT2D eigenvalue weighted by atomic mass is 9.92. The van der Waals surface area contributed by atoms with Crippen molar-refractivity contribution in [1.29, 1.82) is 10.5 Å². The van der Waals surface area contributed by atoms with Gasteiger partial charge in [-0.25, -0.2) is 0 Å². The van der Waals surface area contributed by atoms with Crippen molar-refractivity contribution in [3.05, 3.63) is 151 Å². The third-order valence-electron chi connectivity index (χ3n) is 11.1. The molecule has 0 aliphatic carbocycles. The number of hydrogen-bond acceptors (Lipinski definition) is 15. The number of rotatable bonds is 25. The van der Waals surface area contributed by atoms with Gasteiger partial charge in [0.1, 0.15) is 54.4 Å². The number of benzene rings is 2. The molecule has 4 heterocycles. The Balaban J connectivity index is 1.18. The average Bonchev–Trinajstić information content (AvgIpc) is 3.33. The van der Waals surface area contributed by atoms with Crippen LogP contribution in [0.1, 0.15) is 88.2 Å². The van der Waals surface area contributed by atoms with E-state index in [0.29, 0.717) is 46.2 Å². The fourth-order valence-corrected chi connectivity index (χ4v) is 7.93. The van der Waals surface area contributed by atoms with Crippen LogP contribution >= 0.6 is 23.2 Å². The van der Waals surface area contributed by atoms with Gasteiger partial charge in [-0.05, 0) is 97.7 Å². The number of carboxylic acid groups (broad SMARTS) is 1. The van der Waals surface area contributed by atoms with Gasteiger partial charge < -0.3 is 39.6 Å². The number of aliphatic hydroxyl groups excluding tert-OH is 2. The number of ketones is 1. The number of Topliss-reactive ketones (excluding diaryl/α,β-unsaturated/α-hetero) is 1. The molecule has 0 bridgehead atoms. The van der Waals surface area contributed by atoms with E-state index in [1.165, 1.54) is 19.3 Å². The molecule has 0 amide bonds. The Morgan fingerprint density at radius 1 is 0.671 bits per heavy atom. The normalized spacial score (nSPS) is 11.8. The van der Waals surface area contributed by atoms with Crippen molar-refractivity contribution in [2.24, 2.45) is 0 Å². The van der Waals surface area contributed by atoms with Gasteiger partial charge in [0.15, 0.2) is 0 Å². The van der Waals surface area contributed by atoms with Crippen LogP contribution < -0.4 is 24.3 Å². The van der Waals surface area contributed by atoms with Gasteiger partial charge in [-0.15, -0.1) is 0 Å². The zero-order chi connectivity index (χ0) is 50.2. The molecule has 4 N–H and O–H groups in total. The zero-order valence-electron chi connectivity index (χ0n) is 38.7. The van der Waals surface area contributed by atoms with Gasteiger partial charge in [0.2, 0.25) is 23.5 Å². The van der Waals surface area contributed by atoms with Gasteiger partial charge in [-0.2, -0.15) is 20.5 Å². The highest BCUT2D eigenvalue weighted by molar-refractivity contribution is 6.32. The molecule has 0 aliphatic rings. The molecule has 16 nitrogen and oxygen atoms in total. The second-order valence-corrected chi connectivity index (χ2v) is 17.3. The van der Waals surface area contributed by atoms with Gasteiger partial charge in [0.25, 0.3) is 0 Å². The Kier molecular flexibility index (Phi) is 19.0. The summed E-state index contributed by atoms with van der Waals surface area (Å²) in [6.07, 6.45) is 4.94. The number of halogens is 2. The Morgan fingerprint density at radius 3 is 1.67 bits per heavy atom. The number of aliphatic carboxylic acids is 1. The number of aryl methyl sites for hydroxylation is 1. The highest BCUT2D eigenvalue weighted by Crippen LogP contribution is 2.35. The first-order valence-corrected chi connectivity index (χ1v) is 23.0. The molecule has 6 aromatic rings. The summed E-state index contributed by atoms with van der Waals surface area (Å²) < 4.78 is 24.8. The summed E-state index contributed by atoms with van der Waals surface area (Å²) in [5.41, 5.74) is 8.86. The maximum absolute atomic E-state index is 11.5. The number of aliphatic hydroxyl groups is 2. The number of nitrogens with one attached hydrogen (secondary N) is 1. The van der Waals surface area contributed by atoms with Crippen LogP contribution in [0.15, 0.2) is 85.5 Å². The second-order valence-electron chi connectivity index (χ2n) is 16.5. The number of carboxylic acids is 1. The number of carbonyl (C=O) groups excluding carboxylic acids is 1. The molecule has 2 atom stereocenters. The molecule has 0 fully saturated rings. The number of carbonyl (C=O) groups is 2. The maximum Gasteiger partial charge on any atom is 0.305 e. The molecule has 4 aromatic heterocycles. The number of aromatic nitrogens is 4. The minimum Gasteiger partial charge on any atom is -0.481 e. The fraction of sp³-hybridized carbons (Fsp3) is 0.308. The molecule has 0 saturated heterocycles. The Labute approximate surface area is 415 Å². The van der Waals surface area contributed by atoms with E-state index in [4.69, 9.17) is 47.3 Å². The number of hydrogen-bond donors (Lipinski definition) is 4. The first kappa shape index (κ1) is 52.2. The van der Waals surface area contributed by atoms with E-state index in [-0.39, 0.29) is 98.1 Å². The molecule has 0 unspecified atom stereocenters. The minimum absolute atomic E-state index is 0.0168. The Hall–Kier alpha value is -7.18. The maximum atomic E-state index is 11.5. The number of nitrogens with zero attached hydrogens (tertiary/aromatic N) is 6. The topological polar surface area (TPSA) is 243 Å². The lowest BCUT2D eigenvalue weighted by Crippen LogP contribution is -2.28. The second kappa shape index (κ2) is 25.4. The van der Waals surface area contributed by atoms with Crippen molar-refractivity contribution >= 4 is 35.0 Å². The first-order valence-electron chi connectivity index (χ1n) is 22.2. The van der Waals surface area contributed by atoms with Crippen molar-refractivity contribution in [3.8, 4) is 46.8 Å².